The highest BCUT2D eigenvalue weighted by Crippen LogP contribution is 2.28. The molecule has 0 aromatic carbocycles. The van der Waals surface area contributed by atoms with Crippen LogP contribution in [0, 0.1) is 5.92 Å². The molecule has 3 aliphatic rings. The van der Waals surface area contributed by atoms with Crippen LogP contribution in [0.5, 0.6) is 0 Å². The van der Waals surface area contributed by atoms with Gasteiger partial charge in [-0.05, 0) is 38.5 Å². The Morgan fingerprint density at radius 2 is 1.41 bits per heavy atom. The first kappa shape index (κ1) is 22.1. The van der Waals surface area contributed by atoms with Crippen molar-refractivity contribution in [1.29, 1.82) is 0 Å². The van der Waals surface area contributed by atoms with Gasteiger partial charge in [0.25, 0.3) is 0 Å². The number of hydrogen-bond donors (Lipinski definition) is 1. The quantitative estimate of drug-likeness (QED) is 0.784. The van der Waals surface area contributed by atoms with E-state index in [0.29, 0.717) is 19.1 Å². The van der Waals surface area contributed by atoms with Gasteiger partial charge in [-0.2, -0.15) is 0 Å². The Bertz CT molecular complexity index is 562. The molecule has 6 nitrogen and oxygen atoms in total. The molecule has 0 aromatic heterocycles. The molecule has 0 spiro atoms. The van der Waals surface area contributed by atoms with Crippen LogP contribution in [-0.2, 0) is 14.4 Å². The molecule has 0 unspecified atom stereocenters. The molecule has 1 aliphatic heterocycles. The van der Waals surface area contributed by atoms with Crippen molar-refractivity contribution in [3.05, 3.63) is 0 Å². The van der Waals surface area contributed by atoms with Crippen LogP contribution in [0.25, 0.3) is 0 Å². The maximum atomic E-state index is 13.0. The third-order valence-corrected chi connectivity index (χ3v) is 7.07. The summed E-state index contributed by atoms with van der Waals surface area (Å²) in [5.41, 5.74) is 0. The summed E-state index contributed by atoms with van der Waals surface area (Å²) in [4.78, 5) is 41.0. The summed E-state index contributed by atoms with van der Waals surface area (Å²) in [6.07, 6.45) is 14.6. The summed E-state index contributed by atoms with van der Waals surface area (Å²) in [6.45, 7) is 3.16. The van der Waals surface area contributed by atoms with Crippen molar-refractivity contribution in [2.75, 3.05) is 19.6 Å². The molecule has 0 atom stereocenters. The summed E-state index contributed by atoms with van der Waals surface area (Å²) in [5.74, 6) is 0.291. The van der Waals surface area contributed by atoms with E-state index in [4.69, 9.17) is 0 Å². The Morgan fingerprint density at radius 1 is 0.828 bits per heavy atom. The van der Waals surface area contributed by atoms with Crippen LogP contribution in [0.1, 0.15) is 90.4 Å². The van der Waals surface area contributed by atoms with E-state index >= 15 is 0 Å². The SMILES string of the molecule is CC(=O)NC1CCC(C(=O)N2CCN(C3CCCCCCCCC3)C(=O)C2)CC1. The number of carbonyl (C=O) groups is 3. The van der Waals surface area contributed by atoms with Crippen LogP contribution in [0.3, 0.4) is 0 Å². The third-order valence-electron chi connectivity index (χ3n) is 7.07. The van der Waals surface area contributed by atoms with Crippen molar-refractivity contribution in [2.45, 2.75) is 102 Å². The minimum Gasteiger partial charge on any atom is -0.354 e. The van der Waals surface area contributed by atoms with Gasteiger partial charge in [0.1, 0.15) is 0 Å². The van der Waals surface area contributed by atoms with Gasteiger partial charge >= 0.3 is 0 Å². The molecule has 3 fully saturated rings. The van der Waals surface area contributed by atoms with E-state index in [1.165, 1.54) is 44.9 Å². The highest BCUT2D eigenvalue weighted by atomic mass is 16.2. The summed E-state index contributed by atoms with van der Waals surface area (Å²) in [6, 6.07) is 0.563. The molecule has 1 heterocycles. The van der Waals surface area contributed by atoms with Crippen LogP contribution in [0.15, 0.2) is 0 Å². The van der Waals surface area contributed by atoms with Crippen LogP contribution in [0.4, 0.5) is 0 Å². The fourth-order valence-corrected chi connectivity index (χ4v) is 5.39. The van der Waals surface area contributed by atoms with E-state index in [1.54, 1.807) is 11.8 Å². The Hall–Kier alpha value is -1.59. The highest BCUT2D eigenvalue weighted by Gasteiger charge is 2.35. The predicted octanol–water partition coefficient (Wildman–Crippen LogP) is 3.25. The van der Waals surface area contributed by atoms with Crippen molar-refractivity contribution >= 4 is 17.7 Å². The van der Waals surface area contributed by atoms with Crippen molar-refractivity contribution in [1.82, 2.24) is 15.1 Å². The van der Waals surface area contributed by atoms with Crippen LogP contribution in [-0.4, -0.2) is 59.2 Å². The molecule has 164 valence electrons. The Morgan fingerprint density at radius 3 is 1.97 bits per heavy atom. The number of nitrogens with one attached hydrogen (secondary N) is 1. The number of rotatable bonds is 3. The van der Waals surface area contributed by atoms with E-state index < -0.39 is 0 Å². The molecule has 0 bridgehead atoms. The fourth-order valence-electron chi connectivity index (χ4n) is 5.39. The van der Waals surface area contributed by atoms with Gasteiger partial charge in [-0.3, -0.25) is 14.4 Å². The smallest absolute Gasteiger partial charge is 0.242 e. The zero-order chi connectivity index (χ0) is 20.6. The summed E-state index contributed by atoms with van der Waals surface area (Å²) in [7, 11) is 0. The second-order valence-corrected chi connectivity index (χ2v) is 9.30. The van der Waals surface area contributed by atoms with E-state index in [0.717, 1.165) is 38.5 Å². The third kappa shape index (κ3) is 6.45. The second kappa shape index (κ2) is 11.0. The largest absolute Gasteiger partial charge is 0.354 e. The number of piperazine rings is 1. The molecular weight excluding hydrogens is 366 g/mol. The molecule has 3 rings (SSSR count). The van der Waals surface area contributed by atoms with Gasteiger partial charge in [-0.1, -0.05) is 44.9 Å². The maximum Gasteiger partial charge on any atom is 0.242 e. The van der Waals surface area contributed by atoms with Gasteiger partial charge in [-0.15, -0.1) is 0 Å². The maximum absolute atomic E-state index is 13.0. The fraction of sp³-hybridized carbons (Fsp3) is 0.870. The lowest BCUT2D eigenvalue weighted by Gasteiger charge is -2.41. The van der Waals surface area contributed by atoms with Crippen LogP contribution in [0.2, 0.25) is 0 Å². The lowest BCUT2D eigenvalue weighted by molar-refractivity contribution is -0.150. The van der Waals surface area contributed by atoms with E-state index in [9.17, 15) is 14.4 Å². The van der Waals surface area contributed by atoms with Crippen LogP contribution < -0.4 is 5.32 Å². The minimum atomic E-state index is 0.00189. The summed E-state index contributed by atoms with van der Waals surface area (Å²) in [5, 5.41) is 2.96. The molecule has 2 aliphatic carbocycles. The molecule has 0 aromatic rings. The molecular formula is C23H39N3O3. The molecule has 3 amide bonds. The average Bonchev–Trinajstić information content (AvgIpc) is 2.71. The Kier molecular flexibility index (Phi) is 8.37. The first-order chi connectivity index (χ1) is 14.0. The van der Waals surface area contributed by atoms with Crippen molar-refractivity contribution in [3.8, 4) is 0 Å². The average molecular weight is 406 g/mol. The highest BCUT2D eigenvalue weighted by molar-refractivity contribution is 5.87. The summed E-state index contributed by atoms with van der Waals surface area (Å²) >= 11 is 0. The van der Waals surface area contributed by atoms with E-state index in [2.05, 4.69) is 10.2 Å². The minimum absolute atomic E-state index is 0.00189. The topological polar surface area (TPSA) is 69.7 Å². The predicted molar refractivity (Wildman–Crippen MR) is 113 cm³/mol. The van der Waals surface area contributed by atoms with E-state index in [1.807, 2.05) is 0 Å². The monoisotopic (exact) mass is 405 g/mol. The molecule has 29 heavy (non-hydrogen) atoms. The first-order valence-electron chi connectivity index (χ1n) is 11.9. The molecule has 0 radical (unpaired) electrons. The second-order valence-electron chi connectivity index (χ2n) is 9.30. The number of amides is 3. The van der Waals surface area contributed by atoms with Gasteiger partial charge in [-0.25, -0.2) is 0 Å². The van der Waals surface area contributed by atoms with Gasteiger partial charge in [0.2, 0.25) is 17.7 Å². The van der Waals surface area contributed by atoms with Crippen molar-refractivity contribution in [3.63, 3.8) is 0 Å². The number of carbonyl (C=O) groups excluding carboxylic acids is 3. The molecule has 1 saturated heterocycles. The van der Waals surface area contributed by atoms with Crippen LogP contribution >= 0.6 is 0 Å². The van der Waals surface area contributed by atoms with Crippen molar-refractivity contribution < 1.29 is 14.4 Å². The van der Waals surface area contributed by atoms with Gasteiger partial charge < -0.3 is 15.1 Å². The lowest BCUT2D eigenvalue weighted by atomic mass is 9.85. The normalized spacial score (nSPS) is 28.1. The lowest BCUT2D eigenvalue weighted by Crippen LogP contribution is -2.56. The molecule has 1 N–H and O–H groups in total. The molecule has 6 heteroatoms. The number of hydrogen-bond acceptors (Lipinski definition) is 3. The van der Waals surface area contributed by atoms with E-state index in [-0.39, 0.29) is 36.2 Å². The zero-order valence-electron chi connectivity index (χ0n) is 18.2. The van der Waals surface area contributed by atoms with Gasteiger partial charge in [0.15, 0.2) is 0 Å². The zero-order valence-corrected chi connectivity index (χ0v) is 18.2. The molecule has 2 saturated carbocycles. The van der Waals surface area contributed by atoms with Crippen molar-refractivity contribution in [2.24, 2.45) is 5.92 Å². The standard InChI is InChI=1S/C23H39N3O3/c1-18(27)24-20-13-11-19(12-14-20)23(29)25-15-16-26(22(28)17-25)21-9-7-5-3-2-4-6-8-10-21/h19-21H,2-17H2,1H3,(H,24,27). The van der Waals surface area contributed by atoms with Gasteiger partial charge in [0, 0.05) is 38.0 Å². The number of nitrogens with zero attached hydrogens (tertiary/aromatic N) is 2. The summed E-state index contributed by atoms with van der Waals surface area (Å²) < 4.78 is 0. The Balaban J connectivity index is 1.48. The first-order valence-corrected chi connectivity index (χ1v) is 11.9. The van der Waals surface area contributed by atoms with Gasteiger partial charge in [0.05, 0.1) is 6.54 Å². The Labute approximate surface area is 175 Å².